The standard InChI is InChI=1S/C7H7ClFNO3S/c1-4-6(9)5(14(8,12)13)3-10(2)7(4)11/h3H,1-2H3. The zero-order chi connectivity index (χ0) is 11.1. The third-order valence-corrected chi connectivity index (χ3v) is 3.07. The van der Waals surface area contributed by atoms with Crippen molar-refractivity contribution in [1.29, 1.82) is 0 Å². The molecule has 0 saturated carbocycles. The van der Waals surface area contributed by atoms with Crippen LogP contribution in [0.1, 0.15) is 5.56 Å². The Kier molecular flexibility index (Phi) is 2.69. The number of nitrogens with zero attached hydrogens (tertiary/aromatic N) is 1. The van der Waals surface area contributed by atoms with Crippen molar-refractivity contribution in [3.05, 3.63) is 27.9 Å². The van der Waals surface area contributed by atoms with Crippen LogP contribution in [-0.4, -0.2) is 13.0 Å². The third-order valence-electron chi connectivity index (χ3n) is 1.76. The molecule has 1 heterocycles. The smallest absolute Gasteiger partial charge is 0.265 e. The number of aromatic nitrogens is 1. The molecule has 0 atom stereocenters. The minimum Gasteiger partial charge on any atom is -0.317 e. The van der Waals surface area contributed by atoms with E-state index in [4.69, 9.17) is 10.7 Å². The minimum atomic E-state index is -4.16. The Morgan fingerprint density at radius 3 is 2.43 bits per heavy atom. The quantitative estimate of drug-likeness (QED) is 0.680. The van der Waals surface area contributed by atoms with Crippen molar-refractivity contribution in [3.63, 3.8) is 0 Å². The van der Waals surface area contributed by atoms with Crippen molar-refractivity contribution in [2.24, 2.45) is 7.05 Å². The SMILES string of the molecule is Cc1c(F)c(S(=O)(=O)Cl)cn(C)c1=O. The van der Waals surface area contributed by atoms with Crippen LogP contribution in [0.4, 0.5) is 4.39 Å². The average molecular weight is 240 g/mol. The molecule has 7 heteroatoms. The molecule has 1 rings (SSSR count). The maximum atomic E-state index is 13.3. The van der Waals surface area contributed by atoms with Gasteiger partial charge in [0.15, 0.2) is 5.82 Å². The van der Waals surface area contributed by atoms with Gasteiger partial charge in [-0.15, -0.1) is 0 Å². The third kappa shape index (κ3) is 1.80. The van der Waals surface area contributed by atoms with Gasteiger partial charge in [0.1, 0.15) is 4.90 Å². The molecule has 0 saturated heterocycles. The first kappa shape index (κ1) is 11.2. The molecule has 0 fully saturated rings. The minimum absolute atomic E-state index is 0.269. The van der Waals surface area contributed by atoms with Gasteiger partial charge in [-0.1, -0.05) is 0 Å². The Hall–Kier alpha value is -0.880. The number of pyridine rings is 1. The molecule has 0 aliphatic heterocycles. The Morgan fingerprint density at radius 2 is 2.00 bits per heavy atom. The van der Waals surface area contributed by atoms with E-state index in [0.29, 0.717) is 0 Å². The Morgan fingerprint density at radius 1 is 1.50 bits per heavy atom. The molecular weight excluding hydrogens is 233 g/mol. The number of aryl methyl sites for hydroxylation is 1. The van der Waals surface area contributed by atoms with Crippen LogP contribution in [0, 0.1) is 12.7 Å². The van der Waals surface area contributed by atoms with E-state index in [1.807, 2.05) is 0 Å². The fraction of sp³-hybridized carbons (Fsp3) is 0.286. The number of rotatable bonds is 1. The van der Waals surface area contributed by atoms with E-state index < -0.39 is 25.3 Å². The van der Waals surface area contributed by atoms with E-state index in [0.717, 1.165) is 10.8 Å². The predicted octanol–water partition coefficient (Wildman–Crippen LogP) is 0.760. The van der Waals surface area contributed by atoms with Crippen LogP contribution in [0.5, 0.6) is 0 Å². The molecule has 0 aliphatic rings. The highest BCUT2D eigenvalue weighted by Crippen LogP contribution is 2.18. The van der Waals surface area contributed by atoms with Gasteiger partial charge in [-0.25, -0.2) is 12.8 Å². The first-order valence-electron chi connectivity index (χ1n) is 3.55. The van der Waals surface area contributed by atoms with E-state index in [-0.39, 0.29) is 5.56 Å². The van der Waals surface area contributed by atoms with Gasteiger partial charge in [0.05, 0.1) is 5.56 Å². The van der Waals surface area contributed by atoms with Crippen LogP contribution in [0.15, 0.2) is 15.9 Å². The fourth-order valence-electron chi connectivity index (χ4n) is 1.00. The topological polar surface area (TPSA) is 56.1 Å². The van der Waals surface area contributed by atoms with E-state index in [1.54, 1.807) is 0 Å². The largest absolute Gasteiger partial charge is 0.317 e. The van der Waals surface area contributed by atoms with Gasteiger partial charge in [-0.2, -0.15) is 0 Å². The molecule has 0 spiro atoms. The molecule has 1 aromatic rings. The molecule has 0 bridgehead atoms. The van der Waals surface area contributed by atoms with Crippen molar-refractivity contribution in [2.45, 2.75) is 11.8 Å². The summed E-state index contributed by atoms with van der Waals surface area (Å²) in [6, 6.07) is 0. The zero-order valence-electron chi connectivity index (χ0n) is 7.41. The molecule has 0 amide bonds. The van der Waals surface area contributed by atoms with Gasteiger partial charge in [-0.3, -0.25) is 4.79 Å². The Balaban J connectivity index is 3.75. The Labute approximate surface area is 84.4 Å². The highest BCUT2D eigenvalue weighted by atomic mass is 35.7. The zero-order valence-corrected chi connectivity index (χ0v) is 8.99. The van der Waals surface area contributed by atoms with E-state index in [9.17, 15) is 17.6 Å². The second-order valence-corrected chi connectivity index (χ2v) is 5.32. The Bertz CT molecular complexity index is 535. The van der Waals surface area contributed by atoms with E-state index >= 15 is 0 Å². The van der Waals surface area contributed by atoms with Crippen molar-refractivity contribution in [3.8, 4) is 0 Å². The van der Waals surface area contributed by atoms with Crippen molar-refractivity contribution < 1.29 is 12.8 Å². The predicted molar refractivity (Wildman–Crippen MR) is 49.4 cm³/mol. The average Bonchev–Trinajstić information content (AvgIpc) is 2.06. The first-order valence-corrected chi connectivity index (χ1v) is 5.86. The normalized spacial score (nSPS) is 11.7. The summed E-state index contributed by atoms with van der Waals surface area (Å²) in [7, 11) is 2.14. The maximum Gasteiger partial charge on any atom is 0.265 e. The number of hydrogen-bond acceptors (Lipinski definition) is 3. The van der Waals surface area contributed by atoms with Gasteiger partial charge < -0.3 is 4.57 Å². The monoisotopic (exact) mass is 239 g/mol. The molecule has 0 radical (unpaired) electrons. The highest BCUT2D eigenvalue weighted by molar-refractivity contribution is 8.13. The van der Waals surface area contributed by atoms with Crippen LogP contribution in [0.2, 0.25) is 0 Å². The molecule has 14 heavy (non-hydrogen) atoms. The van der Waals surface area contributed by atoms with Crippen LogP contribution >= 0.6 is 10.7 Å². The molecule has 0 aliphatic carbocycles. The highest BCUT2D eigenvalue weighted by Gasteiger charge is 2.20. The summed E-state index contributed by atoms with van der Waals surface area (Å²) in [4.78, 5) is 10.5. The molecule has 1 aromatic heterocycles. The van der Waals surface area contributed by atoms with Gasteiger partial charge in [-0.05, 0) is 6.92 Å². The summed E-state index contributed by atoms with van der Waals surface area (Å²) in [6.07, 6.45) is 0.854. The summed E-state index contributed by atoms with van der Waals surface area (Å²) in [5.74, 6) is -1.09. The van der Waals surface area contributed by atoms with Crippen molar-refractivity contribution in [2.75, 3.05) is 0 Å². The van der Waals surface area contributed by atoms with Crippen LogP contribution < -0.4 is 5.56 Å². The summed E-state index contributed by atoms with van der Waals surface area (Å²) in [5, 5.41) is 0. The molecule has 0 unspecified atom stereocenters. The summed E-state index contributed by atoms with van der Waals surface area (Å²) < 4.78 is 36.0. The lowest BCUT2D eigenvalue weighted by atomic mass is 10.3. The summed E-state index contributed by atoms with van der Waals surface area (Å²) >= 11 is 0. The number of halogens is 2. The van der Waals surface area contributed by atoms with E-state index in [1.165, 1.54) is 14.0 Å². The second kappa shape index (κ2) is 3.36. The molecule has 0 N–H and O–H groups in total. The van der Waals surface area contributed by atoms with Gasteiger partial charge in [0, 0.05) is 23.9 Å². The second-order valence-electron chi connectivity index (χ2n) is 2.79. The lowest BCUT2D eigenvalue weighted by molar-refractivity contribution is 0.556. The van der Waals surface area contributed by atoms with Crippen molar-refractivity contribution in [1.82, 2.24) is 4.57 Å². The fourth-order valence-corrected chi connectivity index (χ4v) is 1.98. The summed E-state index contributed by atoms with van der Waals surface area (Å²) in [5.41, 5.74) is -0.860. The van der Waals surface area contributed by atoms with Gasteiger partial charge in [0.25, 0.3) is 14.6 Å². The lowest BCUT2D eigenvalue weighted by Gasteiger charge is -2.04. The van der Waals surface area contributed by atoms with E-state index in [2.05, 4.69) is 0 Å². The molecule has 78 valence electrons. The molecular formula is C7H7ClFNO3S. The van der Waals surface area contributed by atoms with Gasteiger partial charge in [0.2, 0.25) is 0 Å². The van der Waals surface area contributed by atoms with Crippen LogP contribution in [0.25, 0.3) is 0 Å². The number of hydrogen-bond donors (Lipinski definition) is 0. The molecule has 0 aromatic carbocycles. The van der Waals surface area contributed by atoms with Crippen LogP contribution in [0.3, 0.4) is 0 Å². The van der Waals surface area contributed by atoms with Gasteiger partial charge >= 0.3 is 0 Å². The molecule has 4 nitrogen and oxygen atoms in total. The van der Waals surface area contributed by atoms with Crippen LogP contribution in [-0.2, 0) is 16.1 Å². The lowest BCUT2D eigenvalue weighted by Crippen LogP contribution is -2.22. The van der Waals surface area contributed by atoms with Crippen molar-refractivity contribution >= 4 is 19.7 Å². The summed E-state index contributed by atoms with van der Waals surface area (Å²) in [6.45, 7) is 1.20. The first-order chi connectivity index (χ1) is 6.25. The maximum absolute atomic E-state index is 13.3.